The lowest BCUT2D eigenvalue weighted by Gasteiger charge is -2.33. The molecule has 0 aliphatic heterocycles. The molecule has 0 unspecified atom stereocenters. The molecule has 7 nitrogen and oxygen atoms in total. The van der Waals surface area contributed by atoms with Crippen molar-refractivity contribution in [3.63, 3.8) is 0 Å². The van der Waals surface area contributed by atoms with Gasteiger partial charge in [-0.05, 0) is 18.9 Å². The Kier molecular flexibility index (Phi) is 5.52. The van der Waals surface area contributed by atoms with Crippen LogP contribution in [0, 0.1) is 10.1 Å². The van der Waals surface area contributed by atoms with E-state index in [-0.39, 0.29) is 23.7 Å². The van der Waals surface area contributed by atoms with Gasteiger partial charge in [0.05, 0.1) is 6.07 Å². The molecule has 112 valence electrons. The highest BCUT2D eigenvalue weighted by Crippen LogP contribution is 2.25. The molecule has 1 fully saturated rings. The van der Waals surface area contributed by atoms with Gasteiger partial charge in [0, 0.05) is 12.1 Å². The Morgan fingerprint density at radius 2 is 2.05 bits per heavy atom. The summed E-state index contributed by atoms with van der Waals surface area (Å²) in [6.45, 7) is 0.361. The minimum atomic E-state index is -0.678. The number of hydrogen-bond acceptors (Lipinski definition) is 5. The van der Waals surface area contributed by atoms with Crippen LogP contribution in [0.5, 0.6) is 0 Å². The molecule has 1 aliphatic rings. The number of nitrogens with two attached hydrogens (primary N) is 1. The van der Waals surface area contributed by atoms with Gasteiger partial charge in [-0.2, -0.15) is 0 Å². The second kappa shape index (κ2) is 6.71. The van der Waals surface area contributed by atoms with E-state index < -0.39 is 16.7 Å². The molecule has 1 saturated carbocycles. The van der Waals surface area contributed by atoms with Gasteiger partial charge in [-0.1, -0.05) is 19.3 Å². The van der Waals surface area contributed by atoms with Crippen molar-refractivity contribution in [3.8, 4) is 0 Å². The number of nitrogens with one attached hydrogen (secondary N) is 1. The van der Waals surface area contributed by atoms with Gasteiger partial charge < -0.3 is 15.5 Å². The zero-order valence-electron chi connectivity index (χ0n) is 11.0. The van der Waals surface area contributed by atoms with Crippen molar-refractivity contribution in [2.45, 2.75) is 37.6 Å². The maximum Gasteiger partial charge on any atom is 0.433 e. The molecule has 3 N–H and O–H groups in total. The molecule has 2 rings (SSSR count). The minimum absolute atomic E-state index is 0. The molecule has 0 spiro atoms. The molecule has 8 heteroatoms. The maximum absolute atomic E-state index is 11.8. The lowest BCUT2D eigenvalue weighted by Crippen LogP contribution is -2.51. The van der Waals surface area contributed by atoms with Gasteiger partial charge in [-0.15, -0.1) is 12.4 Å². The Bertz CT molecular complexity index is 483. The summed E-state index contributed by atoms with van der Waals surface area (Å²) in [5.41, 5.74) is 5.82. The number of nitrogens with zero attached hydrogens (tertiary/aromatic N) is 1. The molecule has 0 bridgehead atoms. The molecule has 20 heavy (non-hydrogen) atoms. The molecule has 0 saturated heterocycles. The zero-order valence-corrected chi connectivity index (χ0v) is 11.8. The van der Waals surface area contributed by atoms with Crippen molar-refractivity contribution in [3.05, 3.63) is 28.0 Å². The smallest absolute Gasteiger partial charge is 0.395 e. The van der Waals surface area contributed by atoms with Crippen LogP contribution >= 0.6 is 12.4 Å². The van der Waals surface area contributed by atoms with E-state index in [9.17, 15) is 14.9 Å². The molecule has 1 aliphatic carbocycles. The van der Waals surface area contributed by atoms with Crippen molar-refractivity contribution in [1.82, 2.24) is 5.32 Å². The van der Waals surface area contributed by atoms with Gasteiger partial charge in [-0.25, -0.2) is 0 Å². The average molecular weight is 304 g/mol. The van der Waals surface area contributed by atoms with E-state index in [1.807, 2.05) is 0 Å². The SMILES string of the molecule is Cl.NC1(CNC(=O)c2ccc([N+](=O)[O-])o2)CCCCC1. The van der Waals surface area contributed by atoms with E-state index in [4.69, 9.17) is 10.2 Å². The number of hydrogen-bond donors (Lipinski definition) is 2. The van der Waals surface area contributed by atoms with Crippen molar-refractivity contribution in [2.75, 3.05) is 6.54 Å². The van der Waals surface area contributed by atoms with Crippen LogP contribution in [-0.4, -0.2) is 22.9 Å². The largest absolute Gasteiger partial charge is 0.433 e. The summed E-state index contributed by atoms with van der Waals surface area (Å²) in [4.78, 5) is 21.6. The highest BCUT2D eigenvalue weighted by molar-refractivity contribution is 5.91. The number of carbonyl (C=O) groups excluding carboxylic acids is 1. The van der Waals surface area contributed by atoms with Gasteiger partial charge >= 0.3 is 5.88 Å². The summed E-state index contributed by atoms with van der Waals surface area (Å²) < 4.78 is 4.83. The second-order valence-corrected chi connectivity index (χ2v) is 5.00. The Hall–Kier alpha value is -1.60. The van der Waals surface area contributed by atoms with Gasteiger partial charge in [0.25, 0.3) is 5.91 Å². The number of amides is 1. The quantitative estimate of drug-likeness (QED) is 0.652. The Balaban J connectivity index is 0.00000200. The number of furan rings is 1. The third kappa shape index (κ3) is 3.94. The average Bonchev–Trinajstić information content (AvgIpc) is 2.87. The van der Waals surface area contributed by atoms with Gasteiger partial charge in [0.2, 0.25) is 0 Å². The molecule has 0 radical (unpaired) electrons. The Morgan fingerprint density at radius 1 is 1.40 bits per heavy atom. The van der Waals surface area contributed by atoms with Crippen molar-refractivity contribution in [1.29, 1.82) is 0 Å². The molecule has 1 aromatic rings. The van der Waals surface area contributed by atoms with Gasteiger partial charge in [0.1, 0.15) is 4.92 Å². The van der Waals surface area contributed by atoms with Crippen molar-refractivity contribution in [2.24, 2.45) is 5.73 Å². The lowest BCUT2D eigenvalue weighted by atomic mass is 9.82. The van der Waals surface area contributed by atoms with Crippen molar-refractivity contribution >= 4 is 24.2 Å². The second-order valence-electron chi connectivity index (χ2n) is 5.00. The number of rotatable bonds is 4. The monoisotopic (exact) mass is 303 g/mol. The fraction of sp³-hybridized carbons (Fsp3) is 0.583. The van der Waals surface area contributed by atoms with E-state index in [1.165, 1.54) is 12.5 Å². The van der Waals surface area contributed by atoms with Crippen LogP contribution in [0.4, 0.5) is 5.88 Å². The normalized spacial score (nSPS) is 17.1. The highest BCUT2D eigenvalue weighted by atomic mass is 35.5. The first-order valence-electron chi connectivity index (χ1n) is 6.31. The number of carbonyl (C=O) groups is 1. The van der Waals surface area contributed by atoms with Crippen LogP contribution in [0.15, 0.2) is 16.5 Å². The van der Waals surface area contributed by atoms with Crippen LogP contribution in [-0.2, 0) is 0 Å². The first-order chi connectivity index (χ1) is 9.00. The number of halogens is 1. The van der Waals surface area contributed by atoms with Crippen LogP contribution < -0.4 is 11.1 Å². The molecular formula is C12H18ClN3O4. The van der Waals surface area contributed by atoms with E-state index in [2.05, 4.69) is 5.32 Å². The molecule has 1 aromatic heterocycles. The standard InChI is InChI=1S/C12H17N3O4.ClH/c13-12(6-2-1-3-7-12)8-14-11(16)9-4-5-10(19-9)15(17)18;/h4-5H,1-3,6-8,13H2,(H,14,16);1H. The highest BCUT2D eigenvalue weighted by Gasteiger charge is 2.28. The molecule has 0 aromatic carbocycles. The van der Waals surface area contributed by atoms with Crippen LogP contribution in [0.25, 0.3) is 0 Å². The Labute approximate surface area is 122 Å². The number of nitro groups is 1. The van der Waals surface area contributed by atoms with E-state index in [0.29, 0.717) is 6.54 Å². The van der Waals surface area contributed by atoms with Gasteiger partial charge in [0.15, 0.2) is 5.76 Å². The topological polar surface area (TPSA) is 111 Å². The summed E-state index contributed by atoms with van der Waals surface area (Å²) in [5, 5.41) is 13.1. The summed E-state index contributed by atoms with van der Waals surface area (Å²) in [5.74, 6) is -0.972. The summed E-state index contributed by atoms with van der Waals surface area (Å²) in [6.07, 6.45) is 5.08. The molecule has 1 heterocycles. The predicted octanol–water partition coefficient (Wildman–Crippen LogP) is 2.00. The molecule has 1 amide bonds. The minimum Gasteiger partial charge on any atom is -0.395 e. The fourth-order valence-electron chi connectivity index (χ4n) is 2.32. The summed E-state index contributed by atoms with van der Waals surface area (Å²) >= 11 is 0. The third-order valence-corrected chi connectivity index (χ3v) is 3.45. The van der Waals surface area contributed by atoms with Gasteiger partial charge in [-0.3, -0.25) is 14.9 Å². The molecular weight excluding hydrogens is 286 g/mol. The van der Waals surface area contributed by atoms with E-state index in [1.54, 1.807) is 0 Å². The first-order valence-corrected chi connectivity index (χ1v) is 6.31. The predicted molar refractivity (Wildman–Crippen MR) is 74.9 cm³/mol. The van der Waals surface area contributed by atoms with Crippen LogP contribution in [0.1, 0.15) is 42.7 Å². The zero-order chi connectivity index (χ0) is 13.9. The van der Waals surface area contributed by atoms with E-state index in [0.717, 1.165) is 31.7 Å². The summed E-state index contributed by atoms with van der Waals surface area (Å²) in [6, 6.07) is 2.45. The maximum atomic E-state index is 11.8. The van der Waals surface area contributed by atoms with Crippen LogP contribution in [0.2, 0.25) is 0 Å². The molecule has 0 atom stereocenters. The fourth-order valence-corrected chi connectivity index (χ4v) is 2.32. The lowest BCUT2D eigenvalue weighted by molar-refractivity contribution is -0.402. The van der Waals surface area contributed by atoms with E-state index >= 15 is 0 Å². The van der Waals surface area contributed by atoms with Crippen LogP contribution in [0.3, 0.4) is 0 Å². The third-order valence-electron chi connectivity index (χ3n) is 3.45. The summed E-state index contributed by atoms with van der Waals surface area (Å²) in [7, 11) is 0. The van der Waals surface area contributed by atoms with Crippen molar-refractivity contribution < 1.29 is 14.1 Å². The Morgan fingerprint density at radius 3 is 2.60 bits per heavy atom. The first kappa shape index (κ1) is 16.5.